The summed E-state index contributed by atoms with van der Waals surface area (Å²) in [5.41, 5.74) is 6.90. The SMILES string of the molecule is CCNC(=O)[C@H](Cc1ccccc1)N(Cc1ccc(C)cc1)C(=O)CSCc1cc(C)cc(C)c1. The lowest BCUT2D eigenvalue weighted by Crippen LogP contribution is -2.51. The molecule has 0 aliphatic heterocycles. The Morgan fingerprint density at radius 1 is 0.829 bits per heavy atom. The summed E-state index contributed by atoms with van der Waals surface area (Å²) in [5.74, 6) is 0.948. The van der Waals surface area contributed by atoms with Crippen LogP contribution in [-0.2, 0) is 28.3 Å². The summed E-state index contributed by atoms with van der Waals surface area (Å²) in [6.07, 6.45) is 0.478. The van der Waals surface area contributed by atoms with Crippen LogP contribution in [0.2, 0.25) is 0 Å². The van der Waals surface area contributed by atoms with Crippen molar-refractivity contribution in [1.29, 1.82) is 0 Å². The zero-order valence-electron chi connectivity index (χ0n) is 21.2. The highest BCUT2D eigenvalue weighted by Gasteiger charge is 2.30. The van der Waals surface area contributed by atoms with E-state index in [9.17, 15) is 9.59 Å². The molecule has 0 saturated carbocycles. The number of hydrogen-bond donors (Lipinski definition) is 1. The summed E-state index contributed by atoms with van der Waals surface area (Å²) in [6, 6.07) is 24.0. The van der Waals surface area contributed by atoms with Gasteiger partial charge in [-0.3, -0.25) is 9.59 Å². The molecule has 1 atom stereocenters. The summed E-state index contributed by atoms with van der Waals surface area (Å²) in [7, 11) is 0. The van der Waals surface area contributed by atoms with Crippen molar-refractivity contribution in [2.45, 2.75) is 52.5 Å². The van der Waals surface area contributed by atoms with Crippen molar-refractivity contribution in [2.75, 3.05) is 12.3 Å². The van der Waals surface area contributed by atoms with Gasteiger partial charge >= 0.3 is 0 Å². The molecule has 0 saturated heterocycles. The summed E-state index contributed by atoms with van der Waals surface area (Å²) >= 11 is 1.60. The van der Waals surface area contributed by atoms with E-state index in [-0.39, 0.29) is 11.8 Å². The summed E-state index contributed by atoms with van der Waals surface area (Å²) < 4.78 is 0. The normalized spacial score (nSPS) is 11.7. The monoisotopic (exact) mass is 488 g/mol. The largest absolute Gasteiger partial charge is 0.355 e. The molecule has 35 heavy (non-hydrogen) atoms. The van der Waals surface area contributed by atoms with Crippen LogP contribution in [0.1, 0.15) is 40.3 Å². The molecular formula is C30H36N2O2S. The molecule has 5 heteroatoms. The maximum atomic E-state index is 13.6. The highest BCUT2D eigenvalue weighted by molar-refractivity contribution is 7.99. The molecule has 0 spiro atoms. The van der Waals surface area contributed by atoms with Crippen molar-refractivity contribution in [3.8, 4) is 0 Å². The second kappa shape index (κ2) is 13.1. The topological polar surface area (TPSA) is 49.4 Å². The molecule has 184 valence electrons. The van der Waals surface area contributed by atoms with E-state index in [1.165, 1.54) is 22.3 Å². The van der Waals surface area contributed by atoms with Gasteiger partial charge in [-0.05, 0) is 44.4 Å². The zero-order chi connectivity index (χ0) is 25.2. The van der Waals surface area contributed by atoms with Crippen LogP contribution in [0.4, 0.5) is 0 Å². The number of carbonyl (C=O) groups excluding carboxylic acids is 2. The molecule has 0 aliphatic rings. The second-order valence-electron chi connectivity index (χ2n) is 9.10. The van der Waals surface area contributed by atoms with Crippen LogP contribution >= 0.6 is 11.8 Å². The van der Waals surface area contributed by atoms with E-state index >= 15 is 0 Å². The van der Waals surface area contributed by atoms with Gasteiger partial charge in [-0.2, -0.15) is 0 Å². The van der Waals surface area contributed by atoms with Gasteiger partial charge in [0.1, 0.15) is 6.04 Å². The predicted molar refractivity (Wildman–Crippen MR) is 146 cm³/mol. The summed E-state index contributed by atoms with van der Waals surface area (Å²) in [6.45, 7) is 9.06. The fourth-order valence-corrected chi connectivity index (χ4v) is 5.07. The Hall–Kier alpha value is -3.05. The van der Waals surface area contributed by atoms with Gasteiger partial charge in [0.15, 0.2) is 0 Å². The Balaban J connectivity index is 1.82. The molecule has 0 bridgehead atoms. The number of amides is 2. The quantitative estimate of drug-likeness (QED) is 0.381. The Bertz CT molecular complexity index is 1090. The number of nitrogens with zero attached hydrogens (tertiary/aromatic N) is 1. The van der Waals surface area contributed by atoms with Gasteiger partial charge in [-0.15, -0.1) is 11.8 Å². The second-order valence-corrected chi connectivity index (χ2v) is 10.1. The lowest BCUT2D eigenvalue weighted by molar-refractivity contribution is -0.139. The smallest absolute Gasteiger partial charge is 0.243 e. The number of nitrogens with one attached hydrogen (secondary N) is 1. The molecule has 0 radical (unpaired) electrons. The van der Waals surface area contributed by atoms with E-state index in [0.29, 0.717) is 25.3 Å². The van der Waals surface area contributed by atoms with Gasteiger partial charge in [0.2, 0.25) is 11.8 Å². The number of likely N-dealkylation sites (N-methyl/N-ethyl adjacent to an activating group) is 1. The third-order valence-electron chi connectivity index (χ3n) is 5.87. The third kappa shape index (κ3) is 8.29. The first-order chi connectivity index (χ1) is 16.9. The summed E-state index contributed by atoms with van der Waals surface area (Å²) in [5, 5.41) is 2.95. The minimum Gasteiger partial charge on any atom is -0.355 e. The standard InChI is InChI=1S/C30H36N2O2S/c1-5-31-30(34)28(18-25-9-7-6-8-10-25)32(19-26-13-11-22(2)12-14-26)29(33)21-35-20-27-16-23(3)15-24(4)17-27/h6-17,28H,5,18-21H2,1-4H3,(H,31,34)/t28-/m0/s1. The van der Waals surface area contributed by atoms with E-state index in [0.717, 1.165) is 16.9 Å². The lowest BCUT2D eigenvalue weighted by Gasteiger charge is -2.31. The molecule has 0 unspecified atom stereocenters. The number of rotatable bonds is 11. The third-order valence-corrected chi connectivity index (χ3v) is 6.86. The number of benzene rings is 3. The minimum absolute atomic E-state index is 0.0212. The molecule has 3 aromatic carbocycles. The van der Waals surface area contributed by atoms with Gasteiger partial charge in [-0.25, -0.2) is 0 Å². The van der Waals surface area contributed by atoms with E-state index in [4.69, 9.17) is 0 Å². The molecule has 3 rings (SSSR count). The van der Waals surface area contributed by atoms with E-state index in [1.54, 1.807) is 16.7 Å². The maximum Gasteiger partial charge on any atom is 0.243 e. The Kier molecular flexibility index (Phi) is 9.98. The summed E-state index contributed by atoms with van der Waals surface area (Å²) in [4.78, 5) is 28.6. The van der Waals surface area contributed by atoms with Crippen LogP contribution in [0.15, 0.2) is 72.8 Å². The van der Waals surface area contributed by atoms with Crippen LogP contribution in [0.3, 0.4) is 0 Å². The molecule has 3 aromatic rings. The van der Waals surface area contributed by atoms with Gasteiger partial charge in [0.25, 0.3) is 0 Å². The van der Waals surface area contributed by atoms with Gasteiger partial charge in [-0.1, -0.05) is 89.5 Å². The lowest BCUT2D eigenvalue weighted by atomic mass is 10.0. The minimum atomic E-state index is -0.576. The molecule has 0 aliphatic carbocycles. The average Bonchev–Trinajstić information content (AvgIpc) is 2.82. The first-order valence-electron chi connectivity index (χ1n) is 12.2. The predicted octanol–water partition coefficient (Wildman–Crippen LogP) is 5.62. The van der Waals surface area contributed by atoms with Crippen LogP contribution in [0, 0.1) is 20.8 Å². The van der Waals surface area contributed by atoms with Crippen LogP contribution < -0.4 is 5.32 Å². The van der Waals surface area contributed by atoms with Crippen molar-refractivity contribution in [1.82, 2.24) is 10.2 Å². The molecule has 2 amide bonds. The van der Waals surface area contributed by atoms with Crippen molar-refractivity contribution in [2.24, 2.45) is 0 Å². The average molecular weight is 489 g/mol. The number of carbonyl (C=O) groups is 2. The Morgan fingerprint density at radius 3 is 2.11 bits per heavy atom. The van der Waals surface area contributed by atoms with Crippen molar-refractivity contribution < 1.29 is 9.59 Å². The first kappa shape index (κ1) is 26.6. The van der Waals surface area contributed by atoms with Gasteiger partial charge in [0, 0.05) is 25.3 Å². The first-order valence-corrected chi connectivity index (χ1v) is 13.3. The number of hydrogen-bond acceptors (Lipinski definition) is 3. The highest BCUT2D eigenvalue weighted by atomic mass is 32.2. The number of thioether (sulfide) groups is 1. The fraction of sp³-hybridized carbons (Fsp3) is 0.333. The van der Waals surface area contributed by atoms with Crippen molar-refractivity contribution in [3.05, 3.63) is 106 Å². The molecule has 0 aromatic heterocycles. The van der Waals surface area contributed by atoms with Crippen LogP contribution in [0.25, 0.3) is 0 Å². The maximum absolute atomic E-state index is 13.6. The van der Waals surface area contributed by atoms with E-state index in [2.05, 4.69) is 37.4 Å². The van der Waals surface area contributed by atoms with E-state index < -0.39 is 6.04 Å². The van der Waals surface area contributed by atoms with Crippen molar-refractivity contribution >= 4 is 23.6 Å². The van der Waals surface area contributed by atoms with Crippen LogP contribution in [0.5, 0.6) is 0 Å². The Morgan fingerprint density at radius 2 is 1.49 bits per heavy atom. The highest BCUT2D eigenvalue weighted by Crippen LogP contribution is 2.20. The molecule has 0 heterocycles. The Labute approximate surface area is 214 Å². The zero-order valence-corrected chi connectivity index (χ0v) is 22.0. The van der Waals surface area contributed by atoms with Gasteiger partial charge in [0.05, 0.1) is 5.75 Å². The molecule has 1 N–H and O–H groups in total. The molecule has 0 fully saturated rings. The van der Waals surface area contributed by atoms with Gasteiger partial charge < -0.3 is 10.2 Å². The van der Waals surface area contributed by atoms with Crippen molar-refractivity contribution in [3.63, 3.8) is 0 Å². The molecule has 4 nitrogen and oxygen atoms in total. The fourth-order valence-electron chi connectivity index (χ4n) is 4.23. The van der Waals surface area contributed by atoms with Crippen LogP contribution in [-0.4, -0.2) is 35.1 Å². The molecular weight excluding hydrogens is 452 g/mol. The number of aryl methyl sites for hydroxylation is 3. The van der Waals surface area contributed by atoms with E-state index in [1.807, 2.05) is 68.4 Å².